The van der Waals surface area contributed by atoms with Crippen molar-refractivity contribution in [3.63, 3.8) is 0 Å². The zero-order valence-corrected chi connectivity index (χ0v) is 18.5. The van der Waals surface area contributed by atoms with Crippen LogP contribution in [0.25, 0.3) is 0 Å². The number of benzene rings is 1. The molecule has 0 aliphatic carbocycles. The van der Waals surface area contributed by atoms with Crippen LogP contribution in [0.2, 0.25) is 15.2 Å². The van der Waals surface area contributed by atoms with Crippen LogP contribution in [0.1, 0.15) is 18.9 Å². The molecule has 8 nitrogen and oxygen atoms in total. The highest BCUT2D eigenvalue weighted by Gasteiger charge is 2.20. The Labute approximate surface area is 189 Å². The number of halogens is 3. The highest BCUT2D eigenvalue weighted by atomic mass is 35.5. The lowest BCUT2D eigenvalue weighted by atomic mass is 10.1. The van der Waals surface area contributed by atoms with Crippen LogP contribution in [-0.4, -0.2) is 54.1 Å². The molecule has 1 aromatic carbocycles. The van der Waals surface area contributed by atoms with Crippen molar-refractivity contribution in [3.8, 4) is 11.6 Å². The second-order valence-electron chi connectivity index (χ2n) is 6.51. The standard InChI is InChI=1S/C19H21Cl3N4O4/c1-2-11-13(23-4-3-16(27)28)9-12(20)18(17(11)21)30-15-10-14(19(22)25-24-15)26-5-7-29-8-6-26/h9-10,23H,2-8H2,1H3,(H,27,28). The molecule has 1 saturated heterocycles. The first-order valence-corrected chi connectivity index (χ1v) is 10.5. The maximum atomic E-state index is 10.8. The molecular weight excluding hydrogens is 455 g/mol. The molecule has 11 heteroatoms. The molecule has 1 aliphatic rings. The van der Waals surface area contributed by atoms with E-state index in [2.05, 4.69) is 15.5 Å². The number of carboxylic acid groups (broad SMARTS) is 1. The van der Waals surface area contributed by atoms with Gasteiger partial charge in [0.2, 0.25) is 5.88 Å². The number of morpholine rings is 1. The third-order valence-corrected chi connectivity index (χ3v) is 5.50. The molecule has 2 aromatic rings. The van der Waals surface area contributed by atoms with Crippen LogP contribution in [0.15, 0.2) is 12.1 Å². The van der Waals surface area contributed by atoms with E-state index in [1.165, 1.54) is 0 Å². The van der Waals surface area contributed by atoms with Gasteiger partial charge in [0, 0.05) is 31.4 Å². The summed E-state index contributed by atoms with van der Waals surface area (Å²) in [6.07, 6.45) is 0.564. The van der Waals surface area contributed by atoms with Crippen molar-refractivity contribution in [1.29, 1.82) is 0 Å². The van der Waals surface area contributed by atoms with Crippen LogP contribution in [-0.2, 0) is 16.0 Å². The molecule has 0 unspecified atom stereocenters. The Morgan fingerprint density at radius 2 is 2.00 bits per heavy atom. The number of anilines is 2. The molecule has 1 aliphatic heterocycles. The van der Waals surface area contributed by atoms with E-state index in [4.69, 9.17) is 49.4 Å². The van der Waals surface area contributed by atoms with Crippen molar-refractivity contribution in [2.24, 2.45) is 0 Å². The van der Waals surface area contributed by atoms with Crippen molar-refractivity contribution < 1.29 is 19.4 Å². The first kappa shape index (κ1) is 22.7. The molecular formula is C19H21Cl3N4O4. The Morgan fingerprint density at radius 3 is 2.67 bits per heavy atom. The van der Waals surface area contributed by atoms with Crippen molar-refractivity contribution in [2.75, 3.05) is 43.1 Å². The number of hydrogen-bond acceptors (Lipinski definition) is 7. The van der Waals surface area contributed by atoms with Gasteiger partial charge in [-0.3, -0.25) is 4.79 Å². The van der Waals surface area contributed by atoms with Gasteiger partial charge >= 0.3 is 5.97 Å². The largest absolute Gasteiger partial charge is 0.481 e. The lowest BCUT2D eigenvalue weighted by Crippen LogP contribution is -2.36. The molecule has 0 spiro atoms. The number of aliphatic carboxylic acids is 1. The van der Waals surface area contributed by atoms with E-state index < -0.39 is 5.97 Å². The number of carboxylic acids is 1. The van der Waals surface area contributed by atoms with Gasteiger partial charge in [-0.25, -0.2) is 0 Å². The molecule has 0 bridgehead atoms. The first-order chi connectivity index (χ1) is 14.4. The lowest BCUT2D eigenvalue weighted by molar-refractivity contribution is -0.136. The molecule has 162 valence electrons. The van der Waals surface area contributed by atoms with Gasteiger partial charge in [-0.15, -0.1) is 10.2 Å². The number of rotatable bonds is 8. The summed E-state index contributed by atoms with van der Waals surface area (Å²) in [4.78, 5) is 12.8. The minimum Gasteiger partial charge on any atom is -0.481 e. The summed E-state index contributed by atoms with van der Waals surface area (Å²) in [7, 11) is 0. The van der Waals surface area contributed by atoms with Crippen molar-refractivity contribution >= 4 is 52.1 Å². The van der Waals surface area contributed by atoms with Crippen LogP contribution < -0.4 is 15.0 Å². The number of nitrogens with zero attached hydrogens (tertiary/aromatic N) is 3. The molecule has 1 aromatic heterocycles. The maximum absolute atomic E-state index is 10.8. The molecule has 30 heavy (non-hydrogen) atoms. The number of nitrogens with one attached hydrogen (secondary N) is 1. The van der Waals surface area contributed by atoms with Crippen LogP contribution in [0.4, 0.5) is 11.4 Å². The highest BCUT2D eigenvalue weighted by Crippen LogP contribution is 2.42. The van der Waals surface area contributed by atoms with E-state index in [0.29, 0.717) is 49.1 Å². The summed E-state index contributed by atoms with van der Waals surface area (Å²) >= 11 is 19.2. The quantitative estimate of drug-likeness (QED) is 0.575. The second kappa shape index (κ2) is 10.3. The maximum Gasteiger partial charge on any atom is 0.305 e. The van der Waals surface area contributed by atoms with E-state index >= 15 is 0 Å². The van der Waals surface area contributed by atoms with E-state index in [0.717, 1.165) is 5.56 Å². The second-order valence-corrected chi connectivity index (χ2v) is 7.65. The molecule has 2 N–H and O–H groups in total. The predicted octanol–water partition coefficient (Wildman–Crippen LogP) is 4.51. The average molecular weight is 476 g/mol. The Bertz CT molecular complexity index is 923. The molecule has 0 radical (unpaired) electrons. The minimum absolute atomic E-state index is 0.0265. The van der Waals surface area contributed by atoms with Gasteiger partial charge in [0.1, 0.15) is 0 Å². The molecule has 0 saturated carbocycles. The van der Waals surface area contributed by atoms with E-state index in [1.807, 2.05) is 11.8 Å². The Hall–Kier alpha value is -2.00. The molecule has 3 rings (SSSR count). The van der Waals surface area contributed by atoms with Gasteiger partial charge in [0.15, 0.2) is 10.9 Å². The summed E-state index contributed by atoms with van der Waals surface area (Å²) in [5, 5.41) is 20.7. The third-order valence-electron chi connectivity index (χ3n) is 4.55. The van der Waals surface area contributed by atoms with Gasteiger partial charge in [-0.1, -0.05) is 41.7 Å². The highest BCUT2D eigenvalue weighted by molar-refractivity contribution is 6.38. The zero-order chi connectivity index (χ0) is 21.7. The summed E-state index contributed by atoms with van der Waals surface area (Å²) in [5.41, 5.74) is 2.12. The smallest absolute Gasteiger partial charge is 0.305 e. The fraction of sp³-hybridized carbons (Fsp3) is 0.421. The van der Waals surface area contributed by atoms with Gasteiger partial charge < -0.3 is 24.8 Å². The van der Waals surface area contributed by atoms with Gasteiger partial charge in [0.25, 0.3) is 0 Å². The zero-order valence-electron chi connectivity index (χ0n) is 16.3. The Balaban J connectivity index is 1.86. The Morgan fingerprint density at radius 1 is 1.27 bits per heavy atom. The Kier molecular flexibility index (Phi) is 7.82. The molecule has 0 atom stereocenters. The number of ether oxygens (including phenoxy) is 2. The summed E-state index contributed by atoms with van der Waals surface area (Å²) in [5.74, 6) is -0.433. The van der Waals surface area contributed by atoms with Crippen LogP contribution in [0, 0.1) is 0 Å². The van der Waals surface area contributed by atoms with Crippen LogP contribution in [0.3, 0.4) is 0 Å². The van der Waals surface area contributed by atoms with Crippen molar-refractivity contribution in [2.45, 2.75) is 19.8 Å². The predicted molar refractivity (Wildman–Crippen MR) is 117 cm³/mol. The fourth-order valence-electron chi connectivity index (χ4n) is 3.07. The number of aromatic nitrogens is 2. The number of hydrogen-bond donors (Lipinski definition) is 2. The van der Waals surface area contributed by atoms with Crippen molar-refractivity contribution in [3.05, 3.63) is 32.9 Å². The van der Waals surface area contributed by atoms with E-state index in [-0.39, 0.29) is 34.8 Å². The van der Waals surface area contributed by atoms with E-state index in [1.54, 1.807) is 12.1 Å². The summed E-state index contributed by atoms with van der Waals surface area (Å²) in [6.45, 7) is 4.75. The van der Waals surface area contributed by atoms with Crippen LogP contribution >= 0.6 is 34.8 Å². The van der Waals surface area contributed by atoms with E-state index in [9.17, 15) is 4.79 Å². The molecule has 2 heterocycles. The minimum atomic E-state index is -0.893. The normalized spacial score (nSPS) is 13.9. The third kappa shape index (κ3) is 5.37. The SMILES string of the molecule is CCc1c(NCCC(=O)O)cc(Cl)c(Oc2cc(N3CCOCC3)c(Cl)nn2)c1Cl. The van der Waals surface area contributed by atoms with Gasteiger partial charge in [-0.2, -0.15) is 0 Å². The monoisotopic (exact) mass is 474 g/mol. The fourth-order valence-corrected chi connectivity index (χ4v) is 3.95. The average Bonchev–Trinajstić information content (AvgIpc) is 2.72. The first-order valence-electron chi connectivity index (χ1n) is 9.41. The summed E-state index contributed by atoms with van der Waals surface area (Å²) in [6, 6.07) is 3.35. The lowest BCUT2D eigenvalue weighted by Gasteiger charge is -2.29. The molecule has 0 amide bonds. The molecule has 1 fully saturated rings. The number of carbonyl (C=O) groups is 1. The topological polar surface area (TPSA) is 96.8 Å². The van der Waals surface area contributed by atoms with Crippen molar-refractivity contribution in [1.82, 2.24) is 10.2 Å². The summed E-state index contributed by atoms with van der Waals surface area (Å²) < 4.78 is 11.3. The van der Waals surface area contributed by atoms with Gasteiger partial charge in [0.05, 0.1) is 35.4 Å². The van der Waals surface area contributed by atoms with Gasteiger partial charge in [-0.05, 0) is 18.1 Å². The van der Waals surface area contributed by atoms with Crippen LogP contribution in [0.5, 0.6) is 11.6 Å².